The number of amides is 2. The molecule has 0 aliphatic heterocycles. The molecule has 0 radical (unpaired) electrons. The van der Waals surface area contributed by atoms with E-state index in [0.29, 0.717) is 12.2 Å². The maximum Gasteiger partial charge on any atom is 0.319 e. The number of carbonyl (C=O) groups is 2. The molecule has 6 heteroatoms. The number of hydrogen-bond donors (Lipinski definition) is 3. The smallest absolute Gasteiger partial charge is 0.319 e. The number of ketones is 1. The molecule has 2 amide bonds. The summed E-state index contributed by atoms with van der Waals surface area (Å²) in [6.45, 7) is 3.60. The number of hydrogen-bond acceptors (Lipinski definition) is 4. The average molecular weight is 252 g/mol. The monoisotopic (exact) mass is 252 g/mol. The molecule has 0 aliphatic rings. The van der Waals surface area contributed by atoms with Crippen LogP contribution >= 0.6 is 0 Å². The van der Waals surface area contributed by atoms with E-state index >= 15 is 0 Å². The molecule has 0 bridgehead atoms. The maximum atomic E-state index is 11.4. The van der Waals surface area contributed by atoms with Gasteiger partial charge in [0.25, 0.3) is 0 Å². The second kappa shape index (κ2) is 5.90. The van der Waals surface area contributed by atoms with Gasteiger partial charge in [0, 0.05) is 12.6 Å². The molecule has 0 saturated carbocycles. The molecule has 0 heterocycles. The van der Waals surface area contributed by atoms with E-state index in [1.165, 1.54) is 26.2 Å². The van der Waals surface area contributed by atoms with Crippen LogP contribution in [0.4, 0.5) is 10.5 Å². The highest BCUT2D eigenvalue weighted by atomic mass is 16.5. The molecule has 1 rings (SSSR count). The van der Waals surface area contributed by atoms with Gasteiger partial charge in [-0.3, -0.25) is 4.79 Å². The zero-order valence-corrected chi connectivity index (χ0v) is 10.5. The van der Waals surface area contributed by atoms with Crippen molar-refractivity contribution in [3.05, 3.63) is 17.7 Å². The lowest BCUT2D eigenvalue weighted by Gasteiger charge is -2.12. The van der Waals surface area contributed by atoms with Gasteiger partial charge in [0.2, 0.25) is 0 Å². The quantitative estimate of drug-likeness (QED) is 0.562. The first-order valence-electron chi connectivity index (χ1n) is 5.46. The van der Waals surface area contributed by atoms with Crippen LogP contribution < -0.4 is 15.4 Å². The van der Waals surface area contributed by atoms with Crippen LogP contribution in [0.25, 0.3) is 0 Å². The van der Waals surface area contributed by atoms with Gasteiger partial charge in [-0.1, -0.05) is 0 Å². The lowest BCUT2D eigenvalue weighted by molar-refractivity contribution is 0.101. The number of benzene rings is 1. The maximum absolute atomic E-state index is 11.4. The summed E-state index contributed by atoms with van der Waals surface area (Å²) in [5.41, 5.74) is 0.453. The number of ether oxygens (including phenoxy) is 1. The van der Waals surface area contributed by atoms with E-state index < -0.39 is 6.03 Å². The molecule has 6 nitrogen and oxygen atoms in total. The fourth-order valence-corrected chi connectivity index (χ4v) is 1.44. The second-order valence-electron chi connectivity index (χ2n) is 3.61. The van der Waals surface area contributed by atoms with Crippen LogP contribution in [0.1, 0.15) is 24.2 Å². The number of anilines is 1. The van der Waals surface area contributed by atoms with Gasteiger partial charge in [-0.2, -0.15) is 0 Å². The Labute approximate surface area is 105 Å². The summed E-state index contributed by atoms with van der Waals surface area (Å²) < 4.78 is 5.03. The van der Waals surface area contributed by atoms with Crippen LogP contribution in [0.15, 0.2) is 12.1 Å². The van der Waals surface area contributed by atoms with Crippen molar-refractivity contribution in [3.8, 4) is 11.5 Å². The van der Waals surface area contributed by atoms with E-state index in [4.69, 9.17) is 4.74 Å². The Balaban J connectivity index is 3.11. The highest BCUT2D eigenvalue weighted by molar-refractivity contribution is 6.00. The molecule has 0 unspecified atom stereocenters. The van der Waals surface area contributed by atoms with Gasteiger partial charge in [-0.25, -0.2) is 4.79 Å². The Morgan fingerprint density at radius 3 is 2.56 bits per heavy atom. The Morgan fingerprint density at radius 2 is 2.06 bits per heavy atom. The van der Waals surface area contributed by atoms with E-state index in [2.05, 4.69) is 10.6 Å². The number of rotatable bonds is 4. The molecule has 0 aliphatic carbocycles. The third kappa shape index (κ3) is 3.13. The minimum Gasteiger partial charge on any atom is -0.507 e. The number of Topliss-reactive ketones (excluding diaryl/α,β-unsaturated/α-hetero) is 1. The van der Waals surface area contributed by atoms with Gasteiger partial charge in [0.15, 0.2) is 5.78 Å². The Bertz CT molecular complexity index is 471. The Hall–Kier alpha value is -2.24. The number of phenols is 1. The van der Waals surface area contributed by atoms with Gasteiger partial charge in [0.1, 0.15) is 11.5 Å². The number of methoxy groups -OCH3 is 1. The summed E-state index contributed by atoms with van der Waals surface area (Å²) in [5.74, 6) is -0.196. The third-order valence-corrected chi connectivity index (χ3v) is 2.28. The molecule has 98 valence electrons. The molecule has 0 saturated heterocycles. The first-order chi connectivity index (χ1) is 8.49. The minimum absolute atomic E-state index is 0.127. The summed E-state index contributed by atoms with van der Waals surface area (Å²) in [5, 5.41) is 14.7. The highest BCUT2D eigenvalue weighted by Crippen LogP contribution is 2.32. The number of carbonyl (C=O) groups excluding carboxylic acids is 2. The van der Waals surface area contributed by atoms with Crippen molar-refractivity contribution in [1.29, 1.82) is 0 Å². The lowest BCUT2D eigenvalue weighted by Crippen LogP contribution is -2.28. The summed E-state index contributed by atoms with van der Waals surface area (Å²) in [6.07, 6.45) is 0. The molecule has 0 spiro atoms. The number of nitrogens with one attached hydrogen (secondary N) is 2. The highest BCUT2D eigenvalue weighted by Gasteiger charge is 2.14. The number of urea groups is 1. The van der Waals surface area contributed by atoms with Crippen LogP contribution in [0.5, 0.6) is 11.5 Å². The van der Waals surface area contributed by atoms with Crippen LogP contribution in [-0.4, -0.2) is 30.6 Å². The fraction of sp³-hybridized carbons (Fsp3) is 0.333. The van der Waals surface area contributed by atoms with E-state index in [1.807, 2.05) is 0 Å². The van der Waals surface area contributed by atoms with E-state index in [0.717, 1.165) is 0 Å². The number of phenolic OH excluding ortho intramolecular Hbond substituents is 1. The predicted molar refractivity (Wildman–Crippen MR) is 67.4 cm³/mol. The van der Waals surface area contributed by atoms with Crippen molar-refractivity contribution in [2.75, 3.05) is 19.0 Å². The minimum atomic E-state index is -0.406. The van der Waals surface area contributed by atoms with Gasteiger partial charge in [-0.05, 0) is 19.9 Å². The second-order valence-corrected chi connectivity index (χ2v) is 3.61. The van der Waals surface area contributed by atoms with Gasteiger partial charge >= 0.3 is 6.03 Å². The summed E-state index contributed by atoms with van der Waals surface area (Å²) in [4.78, 5) is 22.7. The predicted octanol–water partition coefficient (Wildman–Crippen LogP) is 1.74. The molecule has 1 aromatic carbocycles. The van der Waals surface area contributed by atoms with Crippen LogP contribution in [-0.2, 0) is 0 Å². The standard InChI is InChI=1S/C12H16N2O4/c1-4-13-12(17)14-9-5-8(7(2)15)10(16)6-11(9)18-3/h5-6,16H,4H2,1-3H3,(H2,13,14,17). The van der Waals surface area contributed by atoms with E-state index in [1.54, 1.807) is 6.92 Å². The van der Waals surface area contributed by atoms with Gasteiger partial charge in [-0.15, -0.1) is 0 Å². The van der Waals surface area contributed by atoms with Crippen molar-refractivity contribution in [1.82, 2.24) is 5.32 Å². The van der Waals surface area contributed by atoms with Gasteiger partial charge in [0.05, 0.1) is 18.4 Å². The Kier molecular flexibility index (Phi) is 4.53. The lowest BCUT2D eigenvalue weighted by atomic mass is 10.1. The molecule has 3 N–H and O–H groups in total. The van der Waals surface area contributed by atoms with Crippen molar-refractivity contribution >= 4 is 17.5 Å². The third-order valence-electron chi connectivity index (χ3n) is 2.28. The van der Waals surface area contributed by atoms with Crippen LogP contribution in [0, 0.1) is 0 Å². The van der Waals surface area contributed by atoms with Crippen LogP contribution in [0.2, 0.25) is 0 Å². The molecule has 18 heavy (non-hydrogen) atoms. The van der Waals surface area contributed by atoms with Crippen molar-refractivity contribution in [2.45, 2.75) is 13.8 Å². The SMILES string of the molecule is CCNC(=O)Nc1cc(C(C)=O)c(O)cc1OC. The first kappa shape index (κ1) is 13.8. The van der Waals surface area contributed by atoms with Gasteiger partial charge < -0.3 is 20.5 Å². The largest absolute Gasteiger partial charge is 0.507 e. The van der Waals surface area contributed by atoms with E-state index in [-0.39, 0.29) is 22.8 Å². The zero-order valence-electron chi connectivity index (χ0n) is 10.5. The molecule has 0 aromatic heterocycles. The van der Waals surface area contributed by atoms with Crippen LogP contribution in [0.3, 0.4) is 0 Å². The molecule has 0 atom stereocenters. The molecule has 0 fully saturated rings. The van der Waals surface area contributed by atoms with Crippen molar-refractivity contribution in [2.24, 2.45) is 0 Å². The van der Waals surface area contributed by atoms with E-state index in [9.17, 15) is 14.7 Å². The first-order valence-corrected chi connectivity index (χ1v) is 5.46. The fourth-order valence-electron chi connectivity index (χ4n) is 1.44. The molecular weight excluding hydrogens is 236 g/mol. The van der Waals surface area contributed by atoms with Crippen molar-refractivity contribution < 1.29 is 19.4 Å². The normalized spacial score (nSPS) is 9.72. The topological polar surface area (TPSA) is 87.7 Å². The summed E-state index contributed by atoms with van der Waals surface area (Å²) in [6, 6.07) is 2.26. The Morgan fingerprint density at radius 1 is 1.39 bits per heavy atom. The number of aromatic hydroxyl groups is 1. The average Bonchev–Trinajstić information content (AvgIpc) is 2.30. The van der Waals surface area contributed by atoms with Crippen molar-refractivity contribution in [3.63, 3.8) is 0 Å². The molecular formula is C12H16N2O4. The summed E-state index contributed by atoms with van der Waals surface area (Å²) in [7, 11) is 1.41. The molecule has 1 aromatic rings. The summed E-state index contributed by atoms with van der Waals surface area (Å²) >= 11 is 0. The zero-order chi connectivity index (χ0) is 13.7.